The number of hydrogen-bond acceptors (Lipinski definition) is 3. The molecule has 28 heavy (non-hydrogen) atoms. The van der Waals surface area contributed by atoms with Crippen LogP contribution in [0.1, 0.15) is 29.2 Å². The van der Waals surface area contributed by atoms with Gasteiger partial charge in [-0.25, -0.2) is 0 Å². The number of carbonyl (C=O) groups is 1. The lowest BCUT2D eigenvalue weighted by atomic mass is 10.1. The van der Waals surface area contributed by atoms with E-state index in [0.717, 1.165) is 28.9 Å². The van der Waals surface area contributed by atoms with Crippen LogP contribution in [0.2, 0.25) is 0 Å². The first kappa shape index (κ1) is 19.6. The average molecular weight is 374 g/mol. The first-order valence-corrected chi connectivity index (χ1v) is 9.55. The van der Waals surface area contributed by atoms with E-state index in [9.17, 15) is 4.79 Å². The van der Waals surface area contributed by atoms with Crippen molar-refractivity contribution in [1.29, 1.82) is 0 Å². The topological polar surface area (TPSA) is 42.4 Å². The van der Waals surface area contributed by atoms with E-state index in [1.54, 1.807) is 13.3 Å². The smallest absolute Gasteiger partial charge is 0.227 e. The quantitative estimate of drug-likeness (QED) is 0.586. The van der Waals surface area contributed by atoms with E-state index >= 15 is 0 Å². The van der Waals surface area contributed by atoms with Crippen molar-refractivity contribution in [2.75, 3.05) is 7.11 Å². The number of aromatic nitrogens is 1. The number of amides is 1. The van der Waals surface area contributed by atoms with Gasteiger partial charge in [-0.2, -0.15) is 0 Å². The van der Waals surface area contributed by atoms with Crippen LogP contribution in [0.15, 0.2) is 73.1 Å². The maximum Gasteiger partial charge on any atom is 0.227 e. The number of hydrogen-bond donors (Lipinski definition) is 0. The van der Waals surface area contributed by atoms with E-state index in [0.29, 0.717) is 19.5 Å². The van der Waals surface area contributed by atoms with Crippen molar-refractivity contribution in [1.82, 2.24) is 9.88 Å². The number of methoxy groups -OCH3 is 1. The minimum atomic E-state index is 0.0803. The summed E-state index contributed by atoms with van der Waals surface area (Å²) >= 11 is 0. The van der Waals surface area contributed by atoms with E-state index in [1.807, 2.05) is 47.5 Å². The molecule has 1 amide bonds. The van der Waals surface area contributed by atoms with Gasteiger partial charge in [-0.05, 0) is 46.9 Å². The molecule has 2 aromatic carbocycles. The molecule has 3 rings (SSSR count). The van der Waals surface area contributed by atoms with Crippen LogP contribution in [0.3, 0.4) is 0 Å². The van der Waals surface area contributed by atoms with Gasteiger partial charge in [0.25, 0.3) is 0 Å². The largest absolute Gasteiger partial charge is 0.497 e. The fourth-order valence-corrected chi connectivity index (χ4v) is 3.11. The Morgan fingerprint density at radius 1 is 0.929 bits per heavy atom. The predicted molar refractivity (Wildman–Crippen MR) is 111 cm³/mol. The lowest BCUT2D eigenvalue weighted by Crippen LogP contribution is -2.31. The molecule has 0 radical (unpaired) electrons. The highest BCUT2D eigenvalue weighted by Crippen LogP contribution is 2.16. The molecule has 4 heteroatoms. The monoisotopic (exact) mass is 374 g/mol. The van der Waals surface area contributed by atoms with Crippen LogP contribution in [0.4, 0.5) is 0 Å². The molecule has 4 nitrogen and oxygen atoms in total. The second-order valence-electron chi connectivity index (χ2n) is 6.81. The van der Waals surface area contributed by atoms with Crippen molar-refractivity contribution < 1.29 is 9.53 Å². The lowest BCUT2D eigenvalue weighted by molar-refractivity contribution is -0.131. The van der Waals surface area contributed by atoms with Crippen LogP contribution in [-0.4, -0.2) is 22.9 Å². The van der Waals surface area contributed by atoms with Crippen LogP contribution in [0.5, 0.6) is 5.75 Å². The van der Waals surface area contributed by atoms with Gasteiger partial charge < -0.3 is 9.64 Å². The average Bonchev–Trinajstić information content (AvgIpc) is 2.74. The van der Waals surface area contributed by atoms with Gasteiger partial charge in [-0.15, -0.1) is 0 Å². The third-order valence-electron chi connectivity index (χ3n) is 4.74. The summed E-state index contributed by atoms with van der Waals surface area (Å²) in [7, 11) is 1.63. The van der Waals surface area contributed by atoms with Gasteiger partial charge in [0.15, 0.2) is 0 Å². The molecule has 144 valence electrons. The van der Waals surface area contributed by atoms with Crippen LogP contribution in [0, 0.1) is 0 Å². The molecule has 0 spiro atoms. The Morgan fingerprint density at radius 3 is 2.32 bits per heavy atom. The zero-order valence-electron chi connectivity index (χ0n) is 16.5. The Balaban J connectivity index is 1.78. The SMILES string of the molecule is CCc1ccc(CN(Cc2cccnc2)C(=O)Cc2cccc(OC)c2)cc1. The number of nitrogens with zero attached hydrogens (tertiary/aromatic N) is 2. The molecule has 0 aliphatic carbocycles. The summed E-state index contributed by atoms with van der Waals surface area (Å²) in [4.78, 5) is 19.2. The summed E-state index contributed by atoms with van der Waals surface area (Å²) in [5, 5.41) is 0. The lowest BCUT2D eigenvalue weighted by Gasteiger charge is -2.23. The highest BCUT2D eigenvalue weighted by atomic mass is 16.5. The molecule has 0 unspecified atom stereocenters. The Labute approximate surface area is 166 Å². The molecule has 0 aliphatic heterocycles. The van der Waals surface area contributed by atoms with E-state index in [-0.39, 0.29) is 5.91 Å². The molecule has 3 aromatic rings. The second kappa shape index (κ2) is 9.70. The van der Waals surface area contributed by atoms with E-state index in [1.165, 1.54) is 5.56 Å². The van der Waals surface area contributed by atoms with Gasteiger partial charge in [0.2, 0.25) is 5.91 Å². The minimum absolute atomic E-state index is 0.0803. The van der Waals surface area contributed by atoms with Gasteiger partial charge in [0.05, 0.1) is 13.5 Å². The van der Waals surface area contributed by atoms with Crippen LogP contribution < -0.4 is 4.74 Å². The highest BCUT2D eigenvalue weighted by molar-refractivity contribution is 5.79. The summed E-state index contributed by atoms with van der Waals surface area (Å²) in [5.74, 6) is 0.843. The molecular weight excluding hydrogens is 348 g/mol. The van der Waals surface area contributed by atoms with Crippen LogP contribution in [0.25, 0.3) is 0 Å². The first-order valence-electron chi connectivity index (χ1n) is 9.55. The summed E-state index contributed by atoms with van der Waals surface area (Å²) in [5.41, 5.74) is 4.39. The Kier molecular flexibility index (Phi) is 6.79. The van der Waals surface area contributed by atoms with Crippen molar-refractivity contribution in [3.8, 4) is 5.75 Å². The molecule has 0 saturated carbocycles. The third kappa shape index (κ3) is 5.43. The fraction of sp³-hybridized carbons (Fsp3) is 0.250. The molecule has 0 saturated heterocycles. The molecule has 1 heterocycles. The van der Waals surface area contributed by atoms with E-state index in [2.05, 4.69) is 36.2 Å². The molecule has 0 fully saturated rings. The van der Waals surface area contributed by atoms with Gasteiger partial charge in [0, 0.05) is 25.5 Å². The second-order valence-corrected chi connectivity index (χ2v) is 6.81. The normalized spacial score (nSPS) is 10.5. The van der Waals surface area contributed by atoms with E-state index in [4.69, 9.17) is 4.74 Å². The first-order chi connectivity index (χ1) is 13.7. The van der Waals surface area contributed by atoms with Gasteiger partial charge in [-0.3, -0.25) is 9.78 Å². The summed E-state index contributed by atoms with van der Waals surface area (Å²) in [6.07, 6.45) is 4.90. The zero-order valence-corrected chi connectivity index (χ0v) is 16.5. The number of pyridine rings is 1. The third-order valence-corrected chi connectivity index (χ3v) is 4.74. The molecular formula is C24H26N2O2. The number of benzene rings is 2. The maximum atomic E-state index is 13.1. The summed E-state index contributed by atoms with van der Waals surface area (Å²) < 4.78 is 5.28. The van der Waals surface area contributed by atoms with Crippen LogP contribution in [-0.2, 0) is 30.7 Å². The molecule has 0 aliphatic rings. The Morgan fingerprint density at radius 2 is 1.64 bits per heavy atom. The Bertz CT molecular complexity index is 892. The van der Waals surface area contributed by atoms with Crippen molar-refractivity contribution in [3.63, 3.8) is 0 Å². The number of rotatable bonds is 8. The standard InChI is InChI=1S/C24H26N2O2/c1-3-19-9-11-20(12-10-19)17-26(18-22-7-5-13-25-16-22)24(27)15-21-6-4-8-23(14-21)28-2/h4-14,16H,3,15,17-18H2,1-2H3. The Hall–Kier alpha value is -3.14. The minimum Gasteiger partial charge on any atom is -0.497 e. The summed E-state index contributed by atoms with van der Waals surface area (Å²) in [6.45, 7) is 3.25. The number of aryl methyl sites for hydroxylation is 1. The fourth-order valence-electron chi connectivity index (χ4n) is 3.11. The van der Waals surface area contributed by atoms with Crippen LogP contribution >= 0.6 is 0 Å². The van der Waals surface area contributed by atoms with Crippen molar-refractivity contribution >= 4 is 5.91 Å². The van der Waals surface area contributed by atoms with Gasteiger partial charge in [-0.1, -0.05) is 49.4 Å². The number of ether oxygens (including phenoxy) is 1. The highest BCUT2D eigenvalue weighted by Gasteiger charge is 2.16. The van der Waals surface area contributed by atoms with Gasteiger partial charge in [0.1, 0.15) is 5.75 Å². The van der Waals surface area contributed by atoms with Crippen molar-refractivity contribution in [2.24, 2.45) is 0 Å². The van der Waals surface area contributed by atoms with E-state index < -0.39 is 0 Å². The molecule has 0 atom stereocenters. The molecule has 0 bridgehead atoms. The number of carbonyl (C=O) groups excluding carboxylic acids is 1. The predicted octanol–water partition coefficient (Wildman–Crippen LogP) is 4.42. The van der Waals surface area contributed by atoms with Gasteiger partial charge >= 0.3 is 0 Å². The van der Waals surface area contributed by atoms with Crippen molar-refractivity contribution in [3.05, 3.63) is 95.3 Å². The molecule has 1 aromatic heterocycles. The zero-order chi connectivity index (χ0) is 19.8. The van der Waals surface area contributed by atoms with Crippen molar-refractivity contribution in [2.45, 2.75) is 32.9 Å². The summed E-state index contributed by atoms with van der Waals surface area (Å²) in [6, 6.07) is 20.0. The maximum absolute atomic E-state index is 13.1. The molecule has 0 N–H and O–H groups in total.